The molecule has 398 valence electrons. The van der Waals surface area contributed by atoms with E-state index in [1.165, 1.54) is 70.6 Å². The smallest absolute Gasteiger partial charge is 0.462 e. The molecule has 1 N–H and O–H groups in total. The molecule has 0 aromatic rings. The van der Waals surface area contributed by atoms with Gasteiger partial charge in [-0.1, -0.05) is 212 Å². The number of likely N-dealkylation sites (N-methyl/N-ethyl adjacent to an activating group) is 1. The highest BCUT2D eigenvalue weighted by atomic mass is 31.2. The second-order valence-electron chi connectivity index (χ2n) is 18.8. The van der Waals surface area contributed by atoms with Gasteiger partial charge in [0.25, 0.3) is 0 Å². The summed E-state index contributed by atoms with van der Waals surface area (Å²) in [6.07, 6.45) is 71.5. The number of ether oxygens (including phenoxy) is 2. The molecule has 70 heavy (non-hydrogen) atoms. The van der Waals surface area contributed by atoms with Crippen LogP contribution in [0.3, 0.4) is 0 Å². The minimum Gasteiger partial charge on any atom is -0.462 e. The number of nitrogens with zero attached hydrogens (tertiary/aromatic N) is 1. The minimum atomic E-state index is -4.40. The Labute approximate surface area is 428 Å². The van der Waals surface area contributed by atoms with Crippen molar-refractivity contribution in [2.75, 3.05) is 47.5 Å². The van der Waals surface area contributed by atoms with Gasteiger partial charge in [-0.25, -0.2) is 4.57 Å². The first-order chi connectivity index (χ1) is 34.0. The number of hydrogen-bond donors (Lipinski definition) is 1. The predicted octanol–water partition coefficient (Wildman–Crippen LogP) is 16.8. The van der Waals surface area contributed by atoms with E-state index in [0.717, 1.165) is 83.5 Å². The van der Waals surface area contributed by atoms with Gasteiger partial charge in [-0.05, 0) is 89.9 Å². The fourth-order valence-corrected chi connectivity index (χ4v) is 7.60. The second kappa shape index (κ2) is 50.4. The number of phosphoric acid groups is 1. The SMILES string of the molecule is CC/C=C\C/C=C\C/C=C\C/C=C\C/C=C\C/C=C\CCCCCCCCCCCCCCCCC(=O)OC(COC(=O)CC/C=C\C/C=C\C/C=C\C/C=C\CC)COP(=O)(O)OCC[N+](C)(C)C. The molecule has 0 bridgehead atoms. The zero-order valence-electron chi connectivity index (χ0n) is 45.0. The predicted molar refractivity (Wildman–Crippen MR) is 297 cm³/mol. The highest BCUT2D eigenvalue weighted by Gasteiger charge is 2.27. The summed E-state index contributed by atoms with van der Waals surface area (Å²) in [6.45, 7) is 4.09. The average molecular weight is 995 g/mol. The largest absolute Gasteiger partial charge is 0.472 e. The first-order valence-electron chi connectivity index (χ1n) is 27.3. The zero-order valence-corrected chi connectivity index (χ0v) is 45.8. The summed E-state index contributed by atoms with van der Waals surface area (Å²) < 4.78 is 34.3. The lowest BCUT2D eigenvalue weighted by Gasteiger charge is -2.24. The van der Waals surface area contributed by atoms with Crippen LogP contribution in [0.4, 0.5) is 0 Å². The van der Waals surface area contributed by atoms with E-state index in [0.29, 0.717) is 23.9 Å². The maximum atomic E-state index is 12.8. The van der Waals surface area contributed by atoms with Crippen molar-refractivity contribution in [2.45, 2.75) is 200 Å². The van der Waals surface area contributed by atoms with Gasteiger partial charge in [0, 0.05) is 12.8 Å². The molecule has 0 amide bonds. The van der Waals surface area contributed by atoms with Gasteiger partial charge in [-0.2, -0.15) is 0 Å². The molecule has 0 radical (unpaired) electrons. The van der Waals surface area contributed by atoms with Crippen molar-refractivity contribution in [3.8, 4) is 0 Å². The normalized spacial score (nSPS) is 14.3. The second-order valence-corrected chi connectivity index (χ2v) is 20.3. The third-order valence-electron chi connectivity index (χ3n) is 11.0. The van der Waals surface area contributed by atoms with E-state index in [-0.39, 0.29) is 26.1 Å². The van der Waals surface area contributed by atoms with Crippen LogP contribution in [0.2, 0.25) is 0 Å². The molecule has 0 aliphatic rings. The van der Waals surface area contributed by atoms with Crippen molar-refractivity contribution in [3.63, 3.8) is 0 Å². The lowest BCUT2D eigenvalue weighted by atomic mass is 10.0. The molecule has 0 heterocycles. The molecule has 2 atom stereocenters. The Kier molecular flexibility index (Phi) is 47.8. The molecule has 0 aromatic carbocycles. The standard InChI is InChI=1S/C60H100NO8P/c1-6-8-10-12-14-16-18-20-21-22-23-24-25-26-27-28-29-30-31-32-33-34-35-36-37-38-39-41-43-45-47-49-51-53-60(63)69-58(57-68-70(64,65)67-55-54-61(3,4)5)56-66-59(62)52-50-48-46-44-42-40-19-17-15-13-11-9-7-2/h8-11,14-17,20-21,23-24,26-27,29-30,40,42,46,48,58H,6-7,12-13,18-19,22,25,28,31-39,41,43-45,47,49-57H2,1-5H3/p+1/b10-8-,11-9-,16-14-,17-15-,21-20-,24-23-,27-26-,30-29-,42-40-,48-46-. The maximum absolute atomic E-state index is 12.8. The fourth-order valence-electron chi connectivity index (χ4n) is 6.85. The van der Waals surface area contributed by atoms with Gasteiger partial charge in [0.05, 0.1) is 27.7 Å². The number of unbranched alkanes of at least 4 members (excludes halogenated alkanes) is 14. The van der Waals surface area contributed by atoms with Crippen LogP contribution in [0.25, 0.3) is 0 Å². The molecule has 0 saturated carbocycles. The number of hydrogen-bond acceptors (Lipinski definition) is 7. The molecule has 0 saturated heterocycles. The van der Waals surface area contributed by atoms with Crippen LogP contribution >= 0.6 is 7.82 Å². The highest BCUT2D eigenvalue weighted by Crippen LogP contribution is 2.43. The van der Waals surface area contributed by atoms with E-state index < -0.39 is 32.5 Å². The molecular weight excluding hydrogens is 894 g/mol. The number of carbonyl (C=O) groups is 2. The Bertz CT molecular complexity index is 1590. The average Bonchev–Trinajstić information content (AvgIpc) is 3.32. The third-order valence-corrected chi connectivity index (χ3v) is 12.0. The van der Waals surface area contributed by atoms with Crippen molar-refractivity contribution in [1.29, 1.82) is 0 Å². The molecule has 0 rings (SSSR count). The van der Waals surface area contributed by atoms with E-state index >= 15 is 0 Å². The topological polar surface area (TPSA) is 108 Å². The van der Waals surface area contributed by atoms with Crippen LogP contribution in [0.15, 0.2) is 122 Å². The maximum Gasteiger partial charge on any atom is 0.472 e. The first-order valence-corrected chi connectivity index (χ1v) is 28.8. The molecule has 0 aromatic heterocycles. The molecule has 2 unspecified atom stereocenters. The van der Waals surface area contributed by atoms with Gasteiger partial charge >= 0.3 is 19.8 Å². The molecular formula is C60H101NO8P+. The van der Waals surface area contributed by atoms with Crippen molar-refractivity contribution in [2.24, 2.45) is 0 Å². The summed E-state index contributed by atoms with van der Waals surface area (Å²) in [5.74, 6) is -0.901. The molecule has 10 heteroatoms. The van der Waals surface area contributed by atoms with Gasteiger partial charge in [0.2, 0.25) is 0 Å². The van der Waals surface area contributed by atoms with Crippen LogP contribution in [0.5, 0.6) is 0 Å². The van der Waals surface area contributed by atoms with Crippen molar-refractivity contribution in [1.82, 2.24) is 0 Å². The van der Waals surface area contributed by atoms with Crippen LogP contribution in [0, 0.1) is 0 Å². The van der Waals surface area contributed by atoms with Gasteiger partial charge in [0.15, 0.2) is 6.10 Å². The Hall–Kier alpha value is -3.59. The number of esters is 2. The van der Waals surface area contributed by atoms with Crippen LogP contribution in [-0.4, -0.2) is 74.9 Å². The zero-order chi connectivity index (χ0) is 51.3. The number of quaternary nitrogens is 1. The molecule has 9 nitrogen and oxygen atoms in total. The monoisotopic (exact) mass is 995 g/mol. The molecule has 0 fully saturated rings. The number of rotatable bonds is 48. The summed E-state index contributed by atoms with van der Waals surface area (Å²) in [5.41, 5.74) is 0. The lowest BCUT2D eigenvalue weighted by Crippen LogP contribution is -2.37. The Morgan fingerprint density at radius 3 is 1.20 bits per heavy atom. The number of carbonyl (C=O) groups excluding carboxylic acids is 2. The first kappa shape index (κ1) is 66.4. The van der Waals surface area contributed by atoms with Gasteiger partial charge in [-0.15, -0.1) is 0 Å². The van der Waals surface area contributed by atoms with Crippen LogP contribution < -0.4 is 0 Å². The Morgan fingerprint density at radius 2 is 0.800 bits per heavy atom. The Balaban J connectivity index is 4.14. The quantitative estimate of drug-likeness (QED) is 0.0211. The summed E-state index contributed by atoms with van der Waals surface area (Å²) in [7, 11) is 1.43. The van der Waals surface area contributed by atoms with Crippen molar-refractivity contribution in [3.05, 3.63) is 122 Å². The summed E-state index contributed by atoms with van der Waals surface area (Å²) in [4.78, 5) is 35.5. The van der Waals surface area contributed by atoms with E-state index in [9.17, 15) is 19.0 Å². The van der Waals surface area contributed by atoms with Crippen molar-refractivity contribution >= 4 is 19.8 Å². The van der Waals surface area contributed by atoms with Gasteiger partial charge < -0.3 is 18.9 Å². The van der Waals surface area contributed by atoms with E-state index in [1.807, 2.05) is 33.3 Å². The van der Waals surface area contributed by atoms with Gasteiger partial charge in [-0.3, -0.25) is 18.6 Å². The third kappa shape index (κ3) is 53.8. The fraction of sp³-hybridized carbons (Fsp3) is 0.633. The molecule has 0 aliphatic heterocycles. The highest BCUT2D eigenvalue weighted by molar-refractivity contribution is 7.47. The Morgan fingerprint density at radius 1 is 0.443 bits per heavy atom. The number of allylic oxidation sites excluding steroid dienone is 20. The lowest BCUT2D eigenvalue weighted by molar-refractivity contribution is -0.870. The summed E-state index contributed by atoms with van der Waals surface area (Å²) in [6, 6.07) is 0. The minimum absolute atomic E-state index is 0.0156. The van der Waals surface area contributed by atoms with Crippen LogP contribution in [0.1, 0.15) is 194 Å². The summed E-state index contributed by atoms with van der Waals surface area (Å²) in [5, 5.41) is 0. The van der Waals surface area contributed by atoms with Crippen molar-refractivity contribution < 1.29 is 42.1 Å². The van der Waals surface area contributed by atoms with E-state index in [2.05, 4.69) is 123 Å². The van der Waals surface area contributed by atoms with Gasteiger partial charge in [0.1, 0.15) is 19.8 Å². The van der Waals surface area contributed by atoms with E-state index in [1.54, 1.807) is 0 Å². The molecule has 0 spiro atoms. The van der Waals surface area contributed by atoms with Crippen LogP contribution in [-0.2, 0) is 32.7 Å². The number of phosphoric ester groups is 1. The van der Waals surface area contributed by atoms with E-state index in [4.69, 9.17) is 18.5 Å². The summed E-state index contributed by atoms with van der Waals surface area (Å²) >= 11 is 0. The molecule has 0 aliphatic carbocycles.